The van der Waals surface area contributed by atoms with Gasteiger partial charge in [0.15, 0.2) is 0 Å². The van der Waals surface area contributed by atoms with Gasteiger partial charge in [0.1, 0.15) is 16.3 Å². The predicted octanol–water partition coefficient (Wildman–Crippen LogP) is 2.05. The molecule has 0 radical (unpaired) electrons. The molecule has 0 unspecified atom stereocenters. The summed E-state index contributed by atoms with van der Waals surface area (Å²) in [5.74, 6) is 0.119. The fourth-order valence-electron chi connectivity index (χ4n) is 2.87. The summed E-state index contributed by atoms with van der Waals surface area (Å²) in [6.45, 7) is 1.90. The molecular formula is C17H20ClN3O5S. The zero-order valence-electron chi connectivity index (χ0n) is 14.9. The van der Waals surface area contributed by atoms with Crippen molar-refractivity contribution < 1.29 is 22.7 Å². The number of sulfonamides is 1. The summed E-state index contributed by atoms with van der Waals surface area (Å²) in [6.07, 6.45) is 1.46. The van der Waals surface area contributed by atoms with E-state index in [0.717, 1.165) is 0 Å². The van der Waals surface area contributed by atoms with Crippen molar-refractivity contribution in [2.24, 2.45) is 0 Å². The number of anilines is 1. The van der Waals surface area contributed by atoms with Crippen LogP contribution in [-0.4, -0.2) is 57.7 Å². The van der Waals surface area contributed by atoms with Crippen molar-refractivity contribution in [1.29, 1.82) is 0 Å². The molecule has 2 aromatic rings. The van der Waals surface area contributed by atoms with E-state index < -0.39 is 10.0 Å². The van der Waals surface area contributed by atoms with Crippen LogP contribution in [0.5, 0.6) is 5.75 Å². The van der Waals surface area contributed by atoms with E-state index in [2.05, 4.69) is 4.72 Å². The van der Waals surface area contributed by atoms with Crippen LogP contribution in [0.4, 0.5) is 5.69 Å². The largest absolute Gasteiger partial charge is 0.495 e. The normalized spacial score (nSPS) is 14.2. The second kappa shape index (κ2) is 7.79. The van der Waals surface area contributed by atoms with Crippen molar-refractivity contribution in [1.82, 2.24) is 9.47 Å². The van der Waals surface area contributed by atoms with Crippen LogP contribution in [0, 0.1) is 0 Å². The number of hydrogen-bond acceptors (Lipinski definition) is 5. The number of methoxy groups -OCH3 is 2. The van der Waals surface area contributed by atoms with Crippen LogP contribution in [0.2, 0.25) is 5.02 Å². The number of fused-ring (bicyclic) bond motifs is 1. The fraction of sp³-hybridized carbons (Fsp3) is 0.353. The first-order valence-corrected chi connectivity index (χ1v) is 10.1. The molecule has 0 aliphatic carbocycles. The Morgan fingerprint density at radius 2 is 2.00 bits per heavy atom. The summed E-state index contributed by atoms with van der Waals surface area (Å²) in [7, 11) is -0.917. The number of hydrogen-bond donors (Lipinski definition) is 1. The van der Waals surface area contributed by atoms with Crippen LogP contribution in [0.3, 0.4) is 0 Å². The van der Waals surface area contributed by atoms with Crippen molar-refractivity contribution in [3.05, 3.63) is 41.2 Å². The van der Waals surface area contributed by atoms with Gasteiger partial charge in [-0.3, -0.25) is 9.52 Å². The van der Waals surface area contributed by atoms with Gasteiger partial charge in [0.05, 0.1) is 19.4 Å². The Morgan fingerprint density at radius 3 is 2.70 bits per heavy atom. The van der Waals surface area contributed by atoms with E-state index in [0.29, 0.717) is 42.7 Å². The topological polar surface area (TPSA) is 89.9 Å². The average Bonchev–Trinajstić information content (AvgIpc) is 3.07. The van der Waals surface area contributed by atoms with E-state index in [1.165, 1.54) is 25.4 Å². The molecule has 3 rings (SSSR count). The van der Waals surface area contributed by atoms with Crippen LogP contribution in [0.25, 0.3) is 0 Å². The maximum Gasteiger partial charge on any atom is 0.270 e. The quantitative estimate of drug-likeness (QED) is 0.750. The van der Waals surface area contributed by atoms with Crippen LogP contribution < -0.4 is 9.46 Å². The lowest BCUT2D eigenvalue weighted by molar-refractivity contribution is 0.0641. The number of nitrogens with one attached hydrogen (secondary N) is 1. The fourth-order valence-corrected chi connectivity index (χ4v) is 4.14. The van der Waals surface area contributed by atoms with Crippen molar-refractivity contribution in [2.45, 2.75) is 11.4 Å². The molecule has 2 heterocycles. The maximum absolute atomic E-state index is 12.8. The summed E-state index contributed by atoms with van der Waals surface area (Å²) in [4.78, 5) is 14.2. The number of benzene rings is 1. The molecule has 1 aliphatic rings. The lowest BCUT2D eigenvalue weighted by atomic mass is 10.3. The lowest BCUT2D eigenvalue weighted by Crippen LogP contribution is -2.41. The van der Waals surface area contributed by atoms with Gasteiger partial charge in [-0.25, -0.2) is 8.42 Å². The second-order valence-electron chi connectivity index (χ2n) is 5.99. The summed E-state index contributed by atoms with van der Waals surface area (Å²) >= 11 is 5.95. The van der Waals surface area contributed by atoms with E-state index in [4.69, 9.17) is 21.1 Å². The minimum absolute atomic E-state index is 0.00136. The van der Waals surface area contributed by atoms with Gasteiger partial charge in [-0.15, -0.1) is 0 Å². The molecule has 0 fully saturated rings. The summed E-state index contributed by atoms with van der Waals surface area (Å²) in [6, 6.07) is 6.01. The molecule has 8 nitrogen and oxygen atoms in total. The van der Waals surface area contributed by atoms with Gasteiger partial charge in [0, 0.05) is 38.0 Å². The van der Waals surface area contributed by atoms with Gasteiger partial charge in [-0.2, -0.15) is 0 Å². The number of halogens is 1. The molecule has 10 heteroatoms. The molecule has 1 aromatic heterocycles. The monoisotopic (exact) mass is 413 g/mol. The van der Waals surface area contributed by atoms with Crippen molar-refractivity contribution in [3.8, 4) is 5.75 Å². The van der Waals surface area contributed by atoms with Crippen LogP contribution in [0.1, 0.15) is 10.5 Å². The molecule has 0 spiro atoms. The van der Waals surface area contributed by atoms with Crippen LogP contribution >= 0.6 is 11.6 Å². The molecule has 0 saturated heterocycles. The smallest absolute Gasteiger partial charge is 0.270 e. The number of ether oxygens (including phenoxy) is 2. The molecule has 0 atom stereocenters. The molecule has 1 aromatic carbocycles. The first kappa shape index (κ1) is 19.5. The number of rotatable bonds is 7. The second-order valence-corrected chi connectivity index (χ2v) is 8.11. The zero-order valence-corrected chi connectivity index (χ0v) is 16.5. The molecule has 0 bridgehead atoms. The number of nitrogens with zero attached hydrogens (tertiary/aromatic N) is 2. The Morgan fingerprint density at radius 1 is 1.22 bits per heavy atom. The van der Waals surface area contributed by atoms with Crippen LogP contribution in [-0.2, 0) is 21.3 Å². The highest BCUT2D eigenvalue weighted by atomic mass is 35.5. The molecule has 1 N–H and O–H groups in total. The number of carbonyl (C=O) groups is 1. The zero-order chi connectivity index (χ0) is 19.6. The maximum atomic E-state index is 12.8. The average molecular weight is 414 g/mol. The first-order chi connectivity index (χ1) is 12.9. The van der Waals surface area contributed by atoms with Gasteiger partial charge in [-0.1, -0.05) is 11.6 Å². The number of aromatic nitrogens is 1. The Balaban J connectivity index is 1.87. The third-order valence-corrected chi connectivity index (χ3v) is 5.84. The number of amides is 1. The van der Waals surface area contributed by atoms with Crippen molar-refractivity contribution in [3.63, 3.8) is 0 Å². The molecule has 27 heavy (non-hydrogen) atoms. The van der Waals surface area contributed by atoms with Gasteiger partial charge >= 0.3 is 0 Å². The van der Waals surface area contributed by atoms with E-state index in [1.807, 2.05) is 0 Å². The van der Waals surface area contributed by atoms with Gasteiger partial charge in [0.2, 0.25) is 0 Å². The third kappa shape index (κ3) is 4.05. The highest BCUT2D eigenvalue weighted by Gasteiger charge is 2.28. The summed E-state index contributed by atoms with van der Waals surface area (Å²) in [5, 5.41) is 0.369. The Kier molecular flexibility index (Phi) is 5.64. The molecule has 146 valence electrons. The third-order valence-electron chi connectivity index (χ3n) is 4.27. The van der Waals surface area contributed by atoms with Gasteiger partial charge in [0.25, 0.3) is 15.9 Å². The number of carbonyl (C=O) groups excluding carboxylic acids is 1. The predicted molar refractivity (Wildman–Crippen MR) is 101 cm³/mol. The van der Waals surface area contributed by atoms with Gasteiger partial charge < -0.3 is 18.9 Å². The Bertz CT molecular complexity index is 957. The van der Waals surface area contributed by atoms with Crippen molar-refractivity contribution >= 4 is 33.2 Å². The minimum atomic E-state index is -3.92. The van der Waals surface area contributed by atoms with E-state index in [1.54, 1.807) is 28.7 Å². The van der Waals surface area contributed by atoms with Gasteiger partial charge in [-0.05, 0) is 24.3 Å². The Hall–Kier alpha value is -2.23. The SMILES string of the molecule is COCCN1CCn2cc(S(=O)(=O)Nc3cc(Cl)ccc3OC)cc2C1=O. The molecular weight excluding hydrogens is 394 g/mol. The van der Waals surface area contributed by atoms with E-state index >= 15 is 0 Å². The van der Waals surface area contributed by atoms with Crippen LogP contribution in [0.15, 0.2) is 35.4 Å². The highest BCUT2D eigenvalue weighted by Crippen LogP contribution is 2.30. The standard InChI is InChI=1S/C17H20ClN3O5S/c1-25-8-7-20-5-6-21-11-13(10-15(21)17(20)22)27(23,24)19-14-9-12(18)3-4-16(14)26-2/h3-4,9-11,19H,5-8H2,1-2H3. The molecule has 1 amide bonds. The van der Waals surface area contributed by atoms with E-state index in [9.17, 15) is 13.2 Å². The molecule has 0 saturated carbocycles. The molecule has 1 aliphatic heterocycles. The minimum Gasteiger partial charge on any atom is -0.495 e. The highest BCUT2D eigenvalue weighted by molar-refractivity contribution is 7.92. The summed E-state index contributed by atoms with van der Waals surface area (Å²) < 4.78 is 39.9. The van der Waals surface area contributed by atoms with Crippen molar-refractivity contribution in [2.75, 3.05) is 38.6 Å². The summed E-state index contributed by atoms with van der Waals surface area (Å²) in [5.41, 5.74) is 0.554. The Labute approximate surface area is 162 Å². The lowest BCUT2D eigenvalue weighted by Gasteiger charge is -2.27. The first-order valence-electron chi connectivity index (χ1n) is 8.20. The van der Waals surface area contributed by atoms with E-state index in [-0.39, 0.29) is 16.5 Å².